The predicted octanol–water partition coefficient (Wildman–Crippen LogP) is 3.12. The number of aromatic hydroxyl groups is 1. The summed E-state index contributed by atoms with van der Waals surface area (Å²) in [4.78, 5) is 17.3. The van der Waals surface area contributed by atoms with E-state index in [-0.39, 0.29) is 22.6 Å². The lowest BCUT2D eigenvalue weighted by Gasteiger charge is -2.26. The molecule has 2 aromatic rings. The highest BCUT2D eigenvalue weighted by atomic mass is 32.2. The molecule has 1 atom stereocenters. The Bertz CT molecular complexity index is 832. The number of benzene rings is 1. The molecule has 1 fully saturated rings. The number of H-pyrrole nitrogens is 1. The topological polar surface area (TPSA) is 79.6 Å². The number of aromatic amines is 1. The van der Waals surface area contributed by atoms with Crippen molar-refractivity contribution < 1.29 is 9.84 Å². The fourth-order valence-corrected chi connectivity index (χ4v) is 4.40. The van der Waals surface area contributed by atoms with Gasteiger partial charge in [0.15, 0.2) is 5.82 Å². The lowest BCUT2D eigenvalue weighted by Crippen LogP contribution is -2.21. The van der Waals surface area contributed by atoms with E-state index in [0.717, 1.165) is 29.3 Å². The van der Waals surface area contributed by atoms with Crippen LogP contribution in [0.2, 0.25) is 0 Å². The molecule has 0 amide bonds. The molecule has 7 heteroatoms. The number of phenols is 1. The van der Waals surface area contributed by atoms with E-state index in [0.29, 0.717) is 18.8 Å². The van der Waals surface area contributed by atoms with Crippen molar-refractivity contribution in [3.05, 3.63) is 45.7 Å². The lowest BCUT2D eigenvalue weighted by atomic mass is 10.1. The first-order valence-electron chi connectivity index (χ1n) is 8.06. The van der Waals surface area contributed by atoms with Crippen molar-refractivity contribution in [3.63, 3.8) is 0 Å². The van der Waals surface area contributed by atoms with Gasteiger partial charge in [-0.3, -0.25) is 14.6 Å². The average Bonchev–Trinajstić information content (AvgIpc) is 2.92. The monoisotopic (exact) mass is 345 g/mol. The summed E-state index contributed by atoms with van der Waals surface area (Å²) in [5.74, 6) is 0.958. The van der Waals surface area contributed by atoms with E-state index in [2.05, 4.69) is 10.1 Å². The molecule has 1 aromatic carbocycles. The summed E-state index contributed by atoms with van der Waals surface area (Å²) >= 11 is 1.57. The largest absolute Gasteiger partial charge is 0.508 e. The van der Waals surface area contributed by atoms with Gasteiger partial charge in [-0.05, 0) is 37.5 Å². The van der Waals surface area contributed by atoms with Crippen LogP contribution in [0.5, 0.6) is 5.75 Å². The summed E-state index contributed by atoms with van der Waals surface area (Å²) in [6.07, 6.45) is 1.76. The highest BCUT2D eigenvalue weighted by molar-refractivity contribution is 8.14. The maximum Gasteiger partial charge on any atom is 0.271 e. The van der Waals surface area contributed by atoms with Crippen LogP contribution in [-0.2, 0) is 4.74 Å². The van der Waals surface area contributed by atoms with Crippen molar-refractivity contribution >= 4 is 22.6 Å². The Balaban J connectivity index is 1.80. The van der Waals surface area contributed by atoms with Gasteiger partial charge < -0.3 is 9.84 Å². The van der Waals surface area contributed by atoms with E-state index >= 15 is 0 Å². The van der Waals surface area contributed by atoms with E-state index in [1.54, 1.807) is 23.9 Å². The van der Waals surface area contributed by atoms with Gasteiger partial charge >= 0.3 is 0 Å². The standard InChI is InChI=1S/C17H19N3O3S/c1-10-18-16-14(15(24-10)11-2-4-13(21)5-3-11)17(22)19-20(16)12-6-8-23-9-7-12/h2-5,12,15,21H,6-9H2,1H3,(H,19,22)/t15-/m1/s1. The Morgan fingerprint density at radius 2 is 2.00 bits per heavy atom. The summed E-state index contributed by atoms with van der Waals surface area (Å²) in [6.45, 7) is 3.38. The highest BCUT2D eigenvalue weighted by Gasteiger charge is 2.32. The number of aromatic nitrogens is 2. The fourth-order valence-electron chi connectivity index (χ4n) is 3.30. The molecule has 6 nitrogen and oxygen atoms in total. The van der Waals surface area contributed by atoms with Crippen LogP contribution >= 0.6 is 11.8 Å². The summed E-state index contributed by atoms with van der Waals surface area (Å²) in [5, 5.41) is 13.3. The Hall–Kier alpha value is -1.99. The lowest BCUT2D eigenvalue weighted by molar-refractivity contribution is 0.0666. The third-order valence-corrected chi connectivity index (χ3v) is 5.68. The van der Waals surface area contributed by atoms with Crippen molar-refractivity contribution in [2.24, 2.45) is 4.99 Å². The molecular weight excluding hydrogens is 326 g/mol. The van der Waals surface area contributed by atoms with Gasteiger partial charge in [-0.15, -0.1) is 0 Å². The zero-order valence-corrected chi connectivity index (χ0v) is 14.2. The molecule has 0 aliphatic carbocycles. The Morgan fingerprint density at radius 3 is 2.71 bits per heavy atom. The summed E-state index contributed by atoms with van der Waals surface area (Å²) in [5.41, 5.74) is 1.60. The van der Waals surface area contributed by atoms with E-state index in [4.69, 9.17) is 4.74 Å². The predicted molar refractivity (Wildman–Crippen MR) is 94.5 cm³/mol. The molecule has 126 valence electrons. The zero-order valence-electron chi connectivity index (χ0n) is 13.4. The minimum absolute atomic E-state index is 0.0849. The molecule has 0 bridgehead atoms. The number of hydrogen-bond donors (Lipinski definition) is 2. The van der Waals surface area contributed by atoms with Crippen molar-refractivity contribution in [1.82, 2.24) is 9.78 Å². The van der Waals surface area contributed by atoms with Gasteiger partial charge in [0.1, 0.15) is 5.75 Å². The number of aliphatic imine (C=N–C) groups is 1. The molecule has 2 N–H and O–H groups in total. The Kier molecular flexibility index (Phi) is 3.97. The second kappa shape index (κ2) is 6.14. The minimum atomic E-state index is -0.108. The first-order valence-corrected chi connectivity index (χ1v) is 8.94. The molecule has 24 heavy (non-hydrogen) atoms. The summed E-state index contributed by atoms with van der Waals surface area (Å²) in [6, 6.07) is 7.25. The van der Waals surface area contributed by atoms with Gasteiger partial charge in [-0.25, -0.2) is 4.99 Å². The first kappa shape index (κ1) is 15.5. The minimum Gasteiger partial charge on any atom is -0.508 e. The van der Waals surface area contributed by atoms with E-state index in [9.17, 15) is 9.90 Å². The number of hydrogen-bond acceptors (Lipinski definition) is 5. The quantitative estimate of drug-likeness (QED) is 0.876. The Morgan fingerprint density at radius 1 is 1.29 bits per heavy atom. The molecule has 0 saturated carbocycles. The van der Waals surface area contributed by atoms with Crippen molar-refractivity contribution in [1.29, 1.82) is 0 Å². The smallest absolute Gasteiger partial charge is 0.271 e. The van der Waals surface area contributed by atoms with Crippen molar-refractivity contribution in [2.45, 2.75) is 31.1 Å². The maximum absolute atomic E-state index is 12.6. The third kappa shape index (κ3) is 2.67. The van der Waals surface area contributed by atoms with Crippen LogP contribution in [0.1, 0.15) is 42.2 Å². The van der Waals surface area contributed by atoms with Crippen LogP contribution in [0.25, 0.3) is 0 Å². The summed E-state index contributed by atoms with van der Waals surface area (Å²) in [7, 11) is 0. The molecule has 2 aliphatic heterocycles. The van der Waals surface area contributed by atoms with E-state index in [1.165, 1.54) is 0 Å². The number of phenolic OH excluding ortho intramolecular Hbond substituents is 1. The third-order valence-electron chi connectivity index (χ3n) is 4.50. The second-order valence-corrected chi connectivity index (χ2v) is 7.41. The van der Waals surface area contributed by atoms with Crippen LogP contribution in [0, 0.1) is 0 Å². The SMILES string of the molecule is CC1=Nc2c(c(=O)[nH]n2C2CCOCC2)[C@@H](c2ccc(O)cc2)S1. The van der Waals surface area contributed by atoms with Gasteiger partial charge in [-0.2, -0.15) is 0 Å². The van der Waals surface area contributed by atoms with Gasteiger partial charge in [0, 0.05) is 13.2 Å². The first-order chi connectivity index (χ1) is 11.6. The molecule has 0 unspecified atom stereocenters. The number of thioether (sulfide) groups is 1. The average molecular weight is 345 g/mol. The highest BCUT2D eigenvalue weighted by Crippen LogP contribution is 2.44. The molecule has 1 aromatic heterocycles. The zero-order chi connectivity index (χ0) is 16.7. The van der Waals surface area contributed by atoms with E-state index in [1.807, 2.05) is 23.7 Å². The molecule has 0 spiro atoms. The molecule has 4 rings (SSSR count). The molecule has 2 aliphatic rings. The van der Waals surface area contributed by atoms with Crippen molar-refractivity contribution in [2.75, 3.05) is 13.2 Å². The van der Waals surface area contributed by atoms with Gasteiger partial charge in [0.25, 0.3) is 5.56 Å². The number of nitrogens with zero attached hydrogens (tertiary/aromatic N) is 2. The molecular formula is C17H19N3O3S. The number of nitrogens with one attached hydrogen (secondary N) is 1. The molecule has 0 radical (unpaired) electrons. The number of rotatable bonds is 2. The van der Waals surface area contributed by atoms with Crippen LogP contribution in [0.4, 0.5) is 5.82 Å². The maximum atomic E-state index is 12.6. The van der Waals surface area contributed by atoms with Crippen LogP contribution in [-0.4, -0.2) is 33.1 Å². The normalized spacial score (nSPS) is 21.4. The van der Waals surface area contributed by atoms with Gasteiger partial charge in [0.05, 0.1) is 21.9 Å². The fraction of sp³-hybridized carbons (Fsp3) is 0.412. The number of ether oxygens (including phenoxy) is 1. The Labute approximate surface area is 143 Å². The van der Waals surface area contributed by atoms with Crippen LogP contribution in [0.3, 0.4) is 0 Å². The summed E-state index contributed by atoms with van der Waals surface area (Å²) < 4.78 is 7.35. The molecule has 3 heterocycles. The van der Waals surface area contributed by atoms with Crippen LogP contribution < -0.4 is 5.56 Å². The van der Waals surface area contributed by atoms with Gasteiger partial charge in [-0.1, -0.05) is 23.9 Å². The van der Waals surface area contributed by atoms with Crippen LogP contribution in [0.15, 0.2) is 34.1 Å². The van der Waals surface area contributed by atoms with E-state index < -0.39 is 0 Å². The number of fused-ring (bicyclic) bond motifs is 1. The second-order valence-electron chi connectivity index (χ2n) is 6.11. The van der Waals surface area contributed by atoms with Crippen molar-refractivity contribution in [3.8, 4) is 5.75 Å². The molecule has 1 saturated heterocycles. The van der Waals surface area contributed by atoms with Gasteiger partial charge in [0.2, 0.25) is 0 Å².